The summed E-state index contributed by atoms with van der Waals surface area (Å²) in [6, 6.07) is 0. The smallest absolute Gasteiger partial charge is 1.00 e. The van der Waals surface area contributed by atoms with Crippen LogP contribution >= 0.6 is 0 Å². The van der Waals surface area contributed by atoms with Gasteiger partial charge in [-0.15, -0.1) is 0 Å². The first kappa shape index (κ1) is 107. The molecule has 0 saturated heterocycles. The van der Waals surface area contributed by atoms with E-state index in [-0.39, 0.29) is 62.7 Å². The van der Waals surface area contributed by atoms with E-state index in [0.717, 1.165) is 0 Å². The van der Waals surface area contributed by atoms with Crippen LogP contribution in [-0.4, -0.2) is 8.41 Å². The van der Waals surface area contributed by atoms with Crippen molar-refractivity contribution in [2.45, 2.75) is 0 Å². The van der Waals surface area contributed by atoms with Crippen molar-refractivity contribution in [2.75, 3.05) is 0 Å². The fourth-order valence-corrected chi connectivity index (χ4v) is 0. The molecule has 0 aromatic rings. The molecule has 0 saturated carbocycles. The van der Waals surface area contributed by atoms with Gasteiger partial charge >= 0.3 is 29.6 Å². The van der Waals surface area contributed by atoms with Gasteiger partial charge in [0.15, 0.2) is 0 Å². The van der Waals surface area contributed by atoms with Crippen molar-refractivity contribution in [1.82, 2.24) is 12.3 Å². The van der Waals surface area contributed by atoms with Crippen molar-refractivity contribution >= 4 is 8.41 Å². The SMILES string of the molecule is B.N.N.[Cl-].[Na+]. The van der Waals surface area contributed by atoms with E-state index in [1.807, 2.05) is 0 Å². The maximum absolute atomic E-state index is 0. The predicted molar refractivity (Wildman–Crippen MR) is 20.0 cm³/mol. The van der Waals surface area contributed by atoms with E-state index in [4.69, 9.17) is 0 Å². The van der Waals surface area contributed by atoms with Gasteiger partial charge in [0.1, 0.15) is 0 Å². The summed E-state index contributed by atoms with van der Waals surface area (Å²) in [7, 11) is 0. The predicted octanol–water partition coefficient (Wildman–Crippen LogP) is -6.85. The Balaban J connectivity index is 0. The summed E-state index contributed by atoms with van der Waals surface area (Å²) in [5, 5.41) is 0. The van der Waals surface area contributed by atoms with Gasteiger partial charge in [0.05, 0.1) is 8.41 Å². The van der Waals surface area contributed by atoms with Crippen molar-refractivity contribution in [3.05, 3.63) is 0 Å². The first-order valence-electron chi connectivity index (χ1n) is 0. The van der Waals surface area contributed by atoms with Crippen molar-refractivity contribution in [1.29, 1.82) is 0 Å². The molecule has 0 aliphatic heterocycles. The van der Waals surface area contributed by atoms with Gasteiger partial charge in [-0.25, -0.2) is 0 Å². The van der Waals surface area contributed by atoms with E-state index in [1.165, 1.54) is 0 Å². The van der Waals surface area contributed by atoms with Gasteiger partial charge in [-0.1, -0.05) is 0 Å². The van der Waals surface area contributed by atoms with Gasteiger partial charge in [-0.05, 0) is 0 Å². The second-order valence-corrected chi connectivity index (χ2v) is 0. The summed E-state index contributed by atoms with van der Waals surface area (Å²) < 4.78 is 0. The minimum Gasteiger partial charge on any atom is -1.00 e. The Hall–Kier alpha value is 1.27. The van der Waals surface area contributed by atoms with Crippen LogP contribution in [0.3, 0.4) is 0 Å². The van der Waals surface area contributed by atoms with E-state index in [1.54, 1.807) is 0 Å². The standard InChI is InChI=1S/BH3.ClH.2H3N.Na/h1H3;1H;2*1H3;/q;;;;+1/p-1. The molecule has 0 atom stereocenters. The van der Waals surface area contributed by atoms with Gasteiger partial charge in [0.25, 0.3) is 0 Å². The zero-order valence-electron chi connectivity index (χ0n) is 2.79. The Bertz CT molecular complexity index is 9.61. The van der Waals surface area contributed by atoms with Crippen LogP contribution in [0.15, 0.2) is 0 Å². The summed E-state index contributed by atoms with van der Waals surface area (Å²) in [5.41, 5.74) is 0. The summed E-state index contributed by atoms with van der Waals surface area (Å²) in [6.45, 7) is 0. The van der Waals surface area contributed by atoms with Crippen molar-refractivity contribution in [3.8, 4) is 0 Å². The molecule has 0 rings (SSSR count). The number of hydrogen-bond acceptors (Lipinski definition) is 2. The molecule has 0 amide bonds. The Morgan fingerprint density at radius 2 is 0.800 bits per heavy atom. The summed E-state index contributed by atoms with van der Waals surface area (Å²) in [6.07, 6.45) is 0. The van der Waals surface area contributed by atoms with Crippen LogP contribution in [-0.2, 0) is 0 Å². The molecule has 0 heterocycles. The third kappa shape index (κ3) is 34.8. The molecule has 30 valence electrons. The van der Waals surface area contributed by atoms with Crippen LogP contribution in [0.4, 0.5) is 0 Å². The average Bonchev–Trinajstić information content (AvgIpc) is 0. The van der Waals surface area contributed by atoms with Crippen LogP contribution in [0.25, 0.3) is 0 Å². The van der Waals surface area contributed by atoms with Crippen LogP contribution in [0, 0.1) is 0 Å². The number of hydrogen-bond donors (Lipinski definition) is 2. The second-order valence-electron chi connectivity index (χ2n) is 0. The minimum absolute atomic E-state index is 0. The molecular weight excluding hydrogens is 97.3 g/mol. The van der Waals surface area contributed by atoms with Crippen LogP contribution in [0.1, 0.15) is 0 Å². The monoisotopic (exact) mass is 106 g/mol. The molecule has 0 aliphatic rings. The molecule has 0 unspecified atom stereocenters. The van der Waals surface area contributed by atoms with E-state index in [9.17, 15) is 0 Å². The van der Waals surface area contributed by atoms with E-state index >= 15 is 0 Å². The molecule has 5 heteroatoms. The van der Waals surface area contributed by atoms with Crippen LogP contribution < -0.4 is 54.3 Å². The quantitative estimate of drug-likeness (QED) is 0.301. The maximum atomic E-state index is 0. The molecule has 0 aromatic heterocycles. The first-order valence-corrected chi connectivity index (χ1v) is 0. The van der Waals surface area contributed by atoms with Gasteiger partial charge in [0.2, 0.25) is 0 Å². The van der Waals surface area contributed by atoms with Crippen molar-refractivity contribution in [3.63, 3.8) is 0 Å². The van der Waals surface area contributed by atoms with E-state index in [2.05, 4.69) is 0 Å². The molecule has 0 spiro atoms. The van der Waals surface area contributed by atoms with Gasteiger partial charge in [-0.3, -0.25) is 0 Å². The van der Waals surface area contributed by atoms with Crippen molar-refractivity contribution < 1.29 is 42.0 Å². The molecule has 2 nitrogen and oxygen atoms in total. The number of halogens is 1. The summed E-state index contributed by atoms with van der Waals surface area (Å²) in [4.78, 5) is 0. The third-order valence-electron chi connectivity index (χ3n) is 0. The zero-order chi connectivity index (χ0) is 0. The molecule has 0 bridgehead atoms. The maximum Gasteiger partial charge on any atom is 1.00 e. The Morgan fingerprint density at radius 1 is 0.800 bits per heavy atom. The number of rotatable bonds is 0. The fourth-order valence-electron chi connectivity index (χ4n) is 0. The van der Waals surface area contributed by atoms with Crippen molar-refractivity contribution in [2.24, 2.45) is 0 Å². The summed E-state index contributed by atoms with van der Waals surface area (Å²) >= 11 is 0. The fraction of sp³-hybridized carbons (Fsp3) is 0. The Labute approximate surface area is 62.5 Å². The Kier molecular flexibility index (Phi) is 1270. The van der Waals surface area contributed by atoms with Crippen LogP contribution in [0.5, 0.6) is 0 Å². The third-order valence-corrected chi connectivity index (χ3v) is 0. The average molecular weight is 106 g/mol. The summed E-state index contributed by atoms with van der Waals surface area (Å²) in [5.74, 6) is 0. The molecule has 0 aromatic carbocycles. The minimum atomic E-state index is 0. The molecule has 6 N–H and O–H groups in total. The largest absolute Gasteiger partial charge is 1.00 e. The molecule has 0 radical (unpaired) electrons. The van der Waals surface area contributed by atoms with E-state index < -0.39 is 0 Å². The van der Waals surface area contributed by atoms with Gasteiger partial charge in [0, 0.05) is 0 Å². The van der Waals surface area contributed by atoms with Gasteiger partial charge < -0.3 is 24.7 Å². The van der Waals surface area contributed by atoms with Crippen LogP contribution in [0.2, 0.25) is 0 Å². The molecule has 0 aliphatic carbocycles. The topological polar surface area (TPSA) is 70.0 Å². The normalized spacial score (nSPS) is 0. The molecule has 5 heavy (non-hydrogen) atoms. The zero-order valence-corrected chi connectivity index (χ0v) is 5.55. The molecule has 0 fully saturated rings. The first-order chi connectivity index (χ1) is 0. The molecular formula is H9BClN2Na. The second kappa shape index (κ2) is 59.3. The Morgan fingerprint density at radius 3 is 0.800 bits per heavy atom. The van der Waals surface area contributed by atoms with Gasteiger partial charge in [-0.2, -0.15) is 0 Å². The van der Waals surface area contributed by atoms with E-state index in [0.29, 0.717) is 0 Å².